The van der Waals surface area contributed by atoms with Crippen LogP contribution in [0.1, 0.15) is 44.1 Å². The largest absolute Gasteiger partial charge is 0.444 e. The molecule has 28 heavy (non-hydrogen) atoms. The molecule has 1 fully saturated rings. The maximum absolute atomic E-state index is 12.8. The topological polar surface area (TPSA) is 71.5 Å². The normalized spacial score (nSPS) is 15.4. The molecule has 0 spiro atoms. The van der Waals surface area contributed by atoms with Crippen LogP contribution < -0.4 is 5.32 Å². The fourth-order valence-electron chi connectivity index (χ4n) is 2.96. The summed E-state index contributed by atoms with van der Waals surface area (Å²) in [5, 5.41) is 6.13. The van der Waals surface area contributed by atoms with Gasteiger partial charge in [-0.25, -0.2) is 9.78 Å². The first-order valence-corrected chi connectivity index (χ1v) is 10.5. The Kier molecular flexibility index (Phi) is 6.25. The monoisotopic (exact) mass is 421 g/mol. The highest BCUT2D eigenvalue weighted by Gasteiger charge is 2.27. The first-order chi connectivity index (χ1) is 13.2. The highest BCUT2D eigenvalue weighted by Crippen LogP contribution is 2.26. The molecule has 8 heteroatoms. The fraction of sp³-hybridized carbons (Fsp3) is 0.450. The van der Waals surface area contributed by atoms with Crippen LogP contribution in [0, 0.1) is 0 Å². The lowest BCUT2D eigenvalue weighted by Gasteiger charge is -2.32. The fourth-order valence-corrected chi connectivity index (χ4v) is 3.89. The molecular formula is C20H24ClN3O3S. The van der Waals surface area contributed by atoms with Crippen molar-refractivity contribution in [3.8, 4) is 10.6 Å². The number of aromatic nitrogens is 1. The number of halogens is 1. The van der Waals surface area contributed by atoms with Gasteiger partial charge in [-0.1, -0.05) is 23.7 Å². The van der Waals surface area contributed by atoms with E-state index in [0.717, 1.165) is 10.6 Å². The summed E-state index contributed by atoms with van der Waals surface area (Å²) >= 11 is 7.36. The maximum Gasteiger partial charge on any atom is 0.407 e. The van der Waals surface area contributed by atoms with E-state index in [1.807, 2.05) is 45.0 Å². The van der Waals surface area contributed by atoms with Crippen LogP contribution in [0.3, 0.4) is 0 Å². The molecule has 1 aromatic heterocycles. The second kappa shape index (κ2) is 8.49. The third-order valence-corrected chi connectivity index (χ3v) is 5.46. The van der Waals surface area contributed by atoms with Crippen LogP contribution in [-0.4, -0.2) is 46.6 Å². The number of benzene rings is 1. The van der Waals surface area contributed by atoms with Gasteiger partial charge in [-0.05, 0) is 45.7 Å². The molecule has 0 aliphatic carbocycles. The minimum atomic E-state index is -0.521. The van der Waals surface area contributed by atoms with Crippen molar-refractivity contribution < 1.29 is 14.3 Å². The molecule has 2 aromatic rings. The Hall–Kier alpha value is -2.12. The number of hydrogen-bond acceptors (Lipinski definition) is 5. The quantitative estimate of drug-likeness (QED) is 0.786. The zero-order valence-corrected chi connectivity index (χ0v) is 17.8. The van der Waals surface area contributed by atoms with E-state index in [4.69, 9.17) is 16.3 Å². The standard InChI is InChI=1S/C20H24ClN3O3S/c1-20(2,3)27-19(26)22-15-8-10-24(11-9-15)18(25)16-12-28-17(23-16)13-4-6-14(21)7-5-13/h4-7,12,15H,8-11H2,1-3H3,(H,22,26). The zero-order chi connectivity index (χ0) is 20.3. The third-order valence-electron chi connectivity index (χ3n) is 4.32. The molecule has 1 aromatic carbocycles. The predicted octanol–water partition coefficient (Wildman–Crippen LogP) is 4.59. The number of alkyl carbamates (subject to hydrolysis) is 1. The molecule has 1 saturated heterocycles. The van der Waals surface area contributed by atoms with Crippen molar-refractivity contribution in [1.82, 2.24) is 15.2 Å². The smallest absolute Gasteiger partial charge is 0.407 e. The molecular weight excluding hydrogens is 398 g/mol. The average molecular weight is 422 g/mol. The van der Waals surface area contributed by atoms with Gasteiger partial charge in [0.2, 0.25) is 0 Å². The van der Waals surface area contributed by atoms with Gasteiger partial charge in [0.25, 0.3) is 5.91 Å². The Bertz CT molecular complexity index is 837. The number of thiazole rings is 1. The van der Waals surface area contributed by atoms with Crippen LogP contribution in [0.5, 0.6) is 0 Å². The molecule has 1 aliphatic heterocycles. The van der Waals surface area contributed by atoms with Gasteiger partial charge in [0.15, 0.2) is 0 Å². The summed E-state index contributed by atoms with van der Waals surface area (Å²) in [6.45, 7) is 6.65. The number of nitrogens with one attached hydrogen (secondary N) is 1. The Labute approximate surface area is 173 Å². The Balaban J connectivity index is 1.54. The van der Waals surface area contributed by atoms with E-state index in [0.29, 0.717) is 36.6 Å². The van der Waals surface area contributed by atoms with Crippen LogP contribution in [-0.2, 0) is 4.74 Å². The molecule has 2 heterocycles. The van der Waals surface area contributed by atoms with Gasteiger partial charge in [0.05, 0.1) is 0 Å². The van der Waals surface area contributed by atoms with Crippen LogP contribution >= 0.6 is 22.9 Å². The molecule has 0 radical (unpaired) electrons. The number of hydrogen-bond donors (Lipinski definition) is 1. The third kappa shape index (κ3) is 5.45. The van der Waals surface area contributed by atoms with Crippen LogP contribution in [0.25, 0.3) is 10.6 Å². The van der Waals surface area contributed by atoms with Gasteiger partial charge in [-0.2, -0.15) is 0 Å². The summed E-state index contributed by atoms with van der Waals surface area (Å²) in [5.41, 5.74) is 0.870. The van der Waals surface area contributed by atoms with Crippen molar-refractivity contribution in [2.45, 2.75) is 45.3 Å². The van der Waals surface area contributed by atoms with Crippen molar-refractivity contribution in [3.05, 3.63) is 40.4 Å². The van der Waals surface area contributed by atoms with E-state index in [-0.39, 0.29) is 11.9 Å². The molecule has 1 aliphatic rings. The van der Waals surface area contributed by atoms with Crippen molar-refractivity contribution >= 4 is 34.9 Å². The summed E-state index contributed by atoms with van der Waals surface area (Å²) in [7, 11) is 0. The average Bonchev–Trinajstić information content (AvgIpc) is 3.11. The van der Waals surface area contributed by atoms with E-state index in [1.165, 1.54) is 11.3 Å². The zero-order valence-electron chi connectivity index (χ0n) is 16.2. The lowest BCUT2D eigenvalue weighted by molar-refractivity contribution is 0.0473. The highest BCUT2D eigenvalue weighted by molar-refractivity contribution is 7.13. The number of likely N-dealkylation sites (tertiary alicyclic amines) is 1. The summed E-state index contributed by atoms with van der Waals surface area (Å²) in [6.07, 6.45) is 0.975. The van der Waals surface area contributed by atoms with Crippen molar-refractivity contribution in [2.75, 3.05) is 13.1 Å². The molecule has 150 valence electrons. The molecule has 6 nitrogen and oxygen atoms in total. The molecule has 0 unspecified atom stereocenters. The summed E-state index contributed by atoms with van der Waals surface area (Å²) in [6, 6.07) is 7.41. The number of carbonyl (C=O) groups is 2. The van der Waals surface area contributed by atoms with E-state index >= 15 is 0 Å². The summed E-state index contributed by atoms with van der Waals surface area (Å²) < 4.78 is 5.29. The number of nitrogens with zero attached hydrogens (tertiary/aromatic N) is 2. The van der Waals surface area contributed by atoms with Gasteiger partial charge in [0, 0.05) is 35.1 Å². The van der Waals surface area contributed by atoms with Gasteiger partial charge in [-0.15, -0.1) is 11.3 Å². The number of rotatable bonds is 3. The van der Waals surface area contributed by atoms with E-state index in [1.54, 1.807) is 10.3 Å². The Morgan fingerprint density at radius 1 is 1.21 bits per heavy atom. The van der Waals surface area contributed by atoms with E-state index in [9.17, 15) is 9.59 Å². The van der Waals surface area contributed by atoms with Gasteiger partial charge in [0.1, 0.15) is 16.3 Å². The minimum Gasteiger partial charge on any atom is -0.444 e. The highest BCUT2D eigenvalue weighted by atomic mass is 35.5. The van der Waals surface area contributed by atoms with Crippen molar-refractivity contribution in [2.24, 2.45) is 0 Å². The van der Waals surface area contributed by atoms with Crippen molar-refractivity contribution in [3.63, 3.8) is 0 Å². The first-order valence-electron chi connectivity index (χ1n) is 9.21. The van der Waals surface area contributed by atoms with Crippen LogP contribution in [0.4, 0.5) is 4.79 Å². The van der Waals surface area contributed by atoms with Gasteiger partial charge >= 0.3 is 6.09 Å². The summed E-state index contributed by atoms with van der Waals surface area (Å²) in [5.74, 6) is -0.0767. The SMILES string of the molecule is CC(C)(C)OC(=O)NC1CCN(C(=O)c2csc(-c3ccc(Cl)cc3)n2)CC1. The summed E-state index contributed by atoms with van der Waals surface area (Å²) in [4.78, 5) is 30.9. The molecule has 0 atom stereocenters. The predicted molar refractivity (Wildman–Crippen MR) is 111 cm³/mol. The second-order valence-electron chi connectivity index (χ2n) is 7.76. The van der Waals surface area contributed by atoms with Crippen LogP contribution in [0.15, 0.2) is 29.6 Å². The molecule has 0 bridgehead atoms. The van der Waals surface area contributed by atoms with Crippen molar-refractivity contribution in [1.29, 1.82) is 0 Å². The lowest BCUT2D eigenvalue weighted by atomic mass is 10.1. The molecule has 1 N–H and O–H groups in total. The molecule has 2 amide bonds. The second-order valence-corrected chi connectivity index (χ2v) is 9.05. The Morgan fingerprint density at radius 2 is 1.86 bits per heavy atom. The Morgan fingerprint density at radius 3 is 2.46 bits per heavy atom. The number of amides is 2. The maximum atomic E-state index is 12.8. The molecule has 0 saturated carbocycles. The van der Waals surface area contributed by atoms with Gasteiger partial charge in [-0.3, -0.25) is 4.79 Å². The number of piperidine rings is 1. The van der Waals surface area contributed by atoms with E-state index < -0.39 is 11.7 Å². The van der Waals surface area contributed by atoms with Crippen LogP contribution in [0.2, 0.25) is 5.02 Å². The number of ether oxygens (including phenoxy) is 1. The number of carbonyl (C=O) groups excluding carboxylic acids is 2. The lowest BCUT2D eigenvalue weighted by Crippen LogP contribution is -2.47. The van der Waals surface area contributed by atoms with E-state index in [2.05, 4.69) is 10.3 Å². The van der Waals surface area contributed by atoms with Gasteiger partial charge < -0.3 is 15.0 Å². The molecule has 3 rings (SSSR count). The minimum absolute atomic E-state index is 0.0129. The first kappa shape index (κ1) is 20.6.